The van der Waals surface area contributed by atoms with E-state index in [1.807, 2.05) is 19.1 Å². The van der Waals surface area contributed by atoms with Gasteiger partial charge in [0.1, 0.15) is 12.4 Å². The maximum Gasteiger partial charge on any atom is 0.216 e. The number of hydrogen-bond donors (Lipinski definition) is 2. The maximum absolute atomic E-state index is 5.72. The van der Waals surface area contributed by atoms with Crippen molar-refractivity contribution in [2.45, 2.75) is 39.3 Å². The summed E-state index contributed by atoms with van der Waals surface area (Å²) in [7, 11) is 0. The lowest BCUT2D eigenvalue weighted by atomic mass is 10.1. The van der Waals surface area contributed by atoms with E-state index in [0.717, 1.165) is 45.0 Å². The molecule has 0 amide bonds. The molecule has 0 aliphatic carbocycles. The first-order chi connectivity index (χ1) is 12.3. The number of ether oxygens (including phenoxy) is 1. The molecule has 0 saturated carbocycles. The number of likely N-dealkylation sites (tertiary alicyclic amines) is 1. The third-order valence-electron chi connectivity index (χ3n) is 4.13. The Hall–Kier alpha value is -1.62. The van der Waals surface area contributed by atoms with E-state index < -0.39 is 0 Å². The second-order valence-corrected chi connectivity index (χ2v) is 5.89. The van der Waals surface area contributed by atoms with Crippen LogP contribution in [-0.4, -0.2) is 58.4 Å². The van der Waals surface area contributed by atoms with Gasteiger partial charge in [0.25, 0.3) is 0 Å². The van der Waals surface area contributed by atoms with E-state index in [1.165, 1.54) is 0 Å². The summed E-state index contributed by atoms with van der Waals surface area (Å²) >= 11 is 0. The first-order valence-electron chi connectivity index (χ1n) is 8.90. The normalized spacial score (nSPS) is 15.8. The minimum Gasteiger partial charge on any atom is -0.461 e. The quantitative estimate of drug-likeness (QED) is 0.380. The molecule has 3 rings (SSSR count). The summed E-state index contributed by atoms with van der Waals surface area (Å²) in [6.45, 7) is 8.08. The van der Waals surface area contributed by atoms with Gasteiger partial charge in [-0.1, -0.05) is 0 Å². The smallest absolute Gasteiger partial charge is 0.216 e. The van der Waals surface area contributed by atoms with Crippen molar-refractivity contribution in [2.24, 2.45) is 4.99 Å². The van der Waals surface area contributed by atoms with Gasteiger partial charge >= 0.3 is 0 Å². The molecule has 0 unspecified atom stereocenters. The molecule has 2 aromatic heterocycles. The summed E-state index contributed by atoms with van der Waals surface area (Å²) in [6.07, 6.45) is 4.04. The Bertz CT molecular complexity index is 665. The fourth-order valence-corrected chi connectivity index (χ4v) is 2.93. The zero-order chi connectivity index (χ0) is 17.5. The fourth-order valence-electron chi connectivity index (χ4n) is 2.93. The molecule has 8 nitrogen and oxygen atoms in total. The number of aromatic nitrogens is 3. The lowest BCUT2D eigenvalue weighted by Gasteiger charge is -2.34. The van der Waals surface area contributed by atoms with E-state index >= 15 is 0 Å². The number of nitrogens with one attached hydrogen (secondary N) is 2. The van der Waals surface area contributed by atoms with Gasteiger partial charge in [0.2, 0.25) is 5.82 Å². The van der Waals surface area contributed by atoms with Crippen LogP contribution in [0.15, 0.2) is 27.8 Å². The summed E-state index contributed by atoms with van der Waals surface area (Å²) in [6, 6.07) is 3.65. The van der Waals surface area contributed by atoms with Crippen LogP contribution in [0.25, 0.3) is 11.6 Å². The highest BCUT2D eigenvalue weighted by molar-refractivity contribution is 14.0. The van der Waals surface area contributed by atoms with Crippen molar-refractivity contribution in [3.8, 4) is 11.6 Å². The van der Waals surface area contributed by atoms with Gasteiger partial charge in [0, 0.05) is 26.2 Å². The summed E-state index contributed by atoms with van der Waals surface area (Å²) in [5.74, 6) is 2.83. The number of hydrogen-bond acceptors (Lipinski definition) is 5. The molecular formula is C17H27IN6O2. The Morgan fingerprint density at radius 3 is 2.88 bits per heavy atom. The second-order valence-electron chi connectivity index (χ2n) is 5.89. The van der Waals surface area contributed by atoms with Gasteiger partial charge in [0.15, 0.2) is 11.7 Å². The van der Waals surface area contributed by atoms with Crippen LogP contribution in [0.4, 0.5) is 0 Å². The number of aromatic amines is 1. The Balaban J connectivity index is 0.00000243. The molecule has 0 aromatic carbocycles. The number of nitrogens with zero attached hydrogens (tertiary/aromatic N) is 4. The summed E-state index contributed by atoms with van der Waals surface area (Å²) in [4.78, 5) is 11.4. The van der Waals surface area contributed by atoms with Crippen molar-refractivity contribution in [2.75, 3.05) is 26.2 Å². The molecule has 2 N–H and O–H groups in total. The summed E-state index contributed by atoms with van der Waals surface area (Å²) in [5, 5.41) is 10.5. The highest BCUT2D eigenvalue weighted by Crippen LogP contribution is 2.16. The van der Waals surface area contributed by atoms with Gasteiger partial charge in [-0.2, -0.15) is 0 Å². The van der Waals surface area contributed by atoms with E-state index in [1.54, 1.807) is 6.26 Å². The number of piperidine rings is 1. The molecule has 1 fully saturated rings. The molecule has 0 bridgehead atoms. The van der Waals surface area contributed by atoms with Gasteiger partial charge < -0.3 is 19.4 Å². The maximum atomic E-state index is 5.72. The van der Waals surface area contributed by atoms with Crippen LogP contribution in [0, 0.1) is 0 Å². The Kier molecular flexibility index (Phi) is 8.36. The van der Waals surface area contributed by atoms with Crippen molar-refractivity contribution in [1.29, 1.82) is 0 Å². The molecule has 144 valence electrons. The number of guanidine groups is 1. The highest BCUT2D eigenvalue weighted by Gasteiger charge is 2.21. The van der Waals surface area contributed by atoms with Crippen molar-refractivity contribution in [3.05, 3.63) is 24.2 Å². The minimum atomic E-state index is 0. The van der Waals surface area contributed by atoms with Crippen molar-refractivity contribution >= 4 is 29.9 Å². The zero-order valence-corrected chi connectivity index (χ0v) is 17.6. The number of halogens is 1. The van der Waals surface area contributed by atoms with Gasteiger partial charge in [-0.05, 0) is 38.8 Å². The van der Waals surface area contributed by atoms with Gasteiger partial charge in [-0.3, -0.25) is 5.10 Å². The van der Waals surface area contributed by atoms with Crippen LogP contribution in [0.3, 0.4) is 0 Å². The topological polar surface area (TPSA) is 91.6 Å². The van der Waals surface area contributed by atoms with E-state index in [4.69, 9.17) is 14.1 Å². The highest BCUT2D eigenvalue weighted by atomic mass is 127. The zero-order valence-electron chi connectivity index (χ0n) is 15.3. The molecule has 1 aliphatic heterocycles. The van der Waals surface area contributed by atoms with Crippen LogP contribution in [0.5, 0.6) is 0 Å². The van der Waals surface area contributed by atoms with E-state index in [2.05, 4.69) is 32.3 Å². The van der Waals surface area contributed by atoms with Gasteiger partial charge in [0.05, 0.1) is 12.4 Å². The molecule has 0 radical (unpaired) electrons. The van der Waals surface area contributed by atoms with E-state index in [9.17, 15) is 0 Å². The average Bonchev–Trinajstić information content (AvgIpc) is 3.31. The van der Waals surface area contributed by atoms with Gasteiger partial charge in [-0.25, -0.2) is 9.98 Å². The van der Waals surface area contributed by atoms with Crippen LogP contribution >= 0.6 is 24.0 Å². The number of H-pyrrole nitrogens is 1. The lowest BCUT2D eigenvalue weighted by molar-refractivity contribution is 0.0263. The van der Waals surface area contributed by atoms with E-state index in [-0.39, 0.29) is 24.0 Å². The Labute approximate surface area is 170 Å². The van der Waals surface area contributed by atoms with Crippen LogP contribution in [-0.2, 0) is 11.3 Å². The van der Waals surface area contributed by atoms with Crippen molar-refractivity contribution in [3.63, 3.8) is 0 Å². The molecule has 9 heteroatoms. The van der Waals surface area contributed by atoms with Crippen LogP contribution in [0.2, 0.25) is 0 Å². The third-order valence-corrected chi connectivity index (χ3v) is 4.13. The standard InChI is InChI=1S/C17H26N6O2.HI/c1-3-18-17(23-9-7-13(8-10-23)24-4-2)19-12-15-20-16(22-21-15)14-6-5-11-25-14;/h5-6,11,13H,3-4,7-10,12H2,1-2H3,(H,18,19)(H,20,21,22);1H. The molecule has 0 atom stereocenters. The molecule has 26 heavy (non-hydrogen) atoms. The minimum absolute atomic E-state index is 0. The predicted molar refractivity (Wildman–Crippen MR) is 111 cm³/mol. The molecular weight excluding hydrogens is 447 g/mol. The Morgan fingerprint density at radius 2 is 2.23 bits per heavy atom. The third kappa shape index (κ3) is 5.44. The molecule has 3 heterocycles. The molecule has 1 saturated heterocycles. The lowest BCUT2D eigenvalue weighted by Crippen LogP contribution is -2.47. The summed E-state index contributed by atoms with van der Waals surface area (Å²) in [5.41, 5.74) is 0. The average molecular weight is 474 g/mol. The largest absolute Gasteiger partial charge is 0.461 e. The molecule has 2 aromatic rings. The first kappa shape index (κ1) is 20.7. The first-order valence-corrected chi connectivity index (χ1v) is 8.90. The van der Waals surface area contributed by atoms with Crippen molar-refractivity contribution in [1.82, 2.24) is 25.4 Å². The van der Waals surface area contributed by atoms with Crippen LogP contribution in [0.1, 0.15) is 32.5 Å². The van der Waals surface area contributed by atoms with Gasteiger partial charge in [-0.15, -0.1) is 29.1 Å². The number of furan rings is 1. The van der Waals surface area contributed by atoms with Crippen molar-refractivity contribution < 1.29 is 9.15 Å². The SMILES string of the molecule is CCNC(=NCc1nc(-c2ccco2)n[nH]1)N1CCC(OCC)CC1.I. The summed E-state index contributed by atoms with van der Waals surface area (Å²) < 4.78 is 11.0. The second kappa shape index (κ2) is 10.5. The Morgan fingerprint density at radius 1 is 1.42 bits per heavy atom. The number of aliphatic imine (C=N–C) groups is 1. The number of rotatable bonds is 6. The monoisotopic (exact) mass is 474 g/mol. The fraction of sp³-hybridized carbons (Fsp3) is 0.588. The molecule has 0 spiro atoms. The molecule has 1 aliphatic rings. The van der Waals surface area contributed by atoms with Crippen LogP contribution < -0.4 is 5.32 Å². The van der Waals surface area contributed by atoms with E-state index in [0.29, 0.717) is 30.1 Å². The predicted octanol–water partition coefficient (Wildman–Crippen LogP) is 2.65.